The van der Waals surface area contributed by atoms with Crippen molar-refractivity contribution in [1.82, 2.24) is 9.80 Å². The van der Waals surface area contributed by atoms with E-state index in [1.54, 1.807) is 0 Å². The van der Waals surface area contributed by atoms with Crippen molar-refractivity contribution < 1.29 is 9.84 Å². The van der Waals surface area contributed by atoms with Gasteiger partial charge in [-0.25, -0.2) is 0 Å². The van der Waals surface area contributed by atoms with Crippen LogP contribution in [0.5, 0.6) is 0 Å². The Labute approximate surface area is 129 Å². The molecule has 4 heteroatoms. The molecule has 122 valence electrons. The molecule has 0 aromatic heterocycles. The molecule has 3 fully saturated rings. The molecule has 2 aliphatic heterocycles. The minimum atomic E-state index is -0.169. The zero-order valence-corrected chi connectivity index (χ0v) is 13.4. The minimum absolute atomic E-state index is 0.169. The van der Waals surface area contributed by atoms with E-state index in [9.17, 15) is 5.11 Å². The molecule has 2 saturated heterocycles. The molecule has 1 aliphatic carbocycles. The number of nitrogens with zero attached hydrogens (tertiary/aromatic N) is 2. The number of morpholine rings is 1. The lowest BCUT2D eigenvalue weighted by Crippen LogP contribution is -2.48. The fourth-order valence-electron chi connectivity index (χ4n) is 4.32. The highest BCUT2D eigenvalue weighted by atomic mass is 16.5. The van der Waals surface area contributed by atoms with E-state index >= 15 is 0 Å². The van der Waals surface area contributed by atoms with E-state index in [4.69, 9.17) is 4.74 Å². The van der Waals surface area contributed by atoms with E-state index in [-0.39, 0.29) is 6.10 Å². The molecule has 21 heavy (non-hydrogen) atoms. The minimum Gasteiger partial charge on any atom is -0.390 e. The lowest BCUT2D eigenvalue weighted by atomic mass is 9.96. The molecule has 3 rings (SSSR count). The van der Waals surface area contributed by atoms with Crippen LogP contribution in [0.2, 0.25) is 0 Å². The first-order chi connectivity index (χ1) is 10.3. The SMILES string of the molecule is O[C@H]1CN(CCC2CCCCCC2)C[C@@H]1N1CCOCC1. The van der Waals surface area contributed by atoms with Crippen LogP contribution >= 0.6 is 0 Å². The molecule has 0 unspecified atom stereocenters. The van der Waals surface area contributed by atoms with Gasteiger partial charge in [-0.1, -0.05) is 38.5 Å². The lowest BCUT2D eigenvalue weighted by Gasteiger charge is -2.33. The number of β-amino-alcohol motifs (C(OH)–C–C–N with tert-alkyl or cyclic N) is 1. The Bertz CT molecular complexity index is 299. The van der Waals surface area contributed by atoms with Crippen LogP contribution in [0.25, 0.3) is 0 Å². The van der Waals surface area contributed by atoms with Gasteiger partial charge >= 0.3 is 0 Å². The predicted octanol–water partition coefficient (Wildman–Crippen LogP) is 1.72. The highest BCUT2D eigenvalue weighted by molar-refractivity contribution is 4.91. The summed E-state index contributed by atoms with van der Waals surface area (Å²) < 4.78 is 5.42. The summed E-state index contributed by atoms with van der Waals surface area (Å²) in [7, 11) is 0. The summed E-state index contributed by atoms with van der Waals surface area (Å²) in [5, 5.41) is 10.4. The summed E-state index contributed by atoms with van der Waals surface area (Å²) >= 11 is 0. The highest BCUT2D eigenvalue weighted by Crippen LogP contribution is 2.26. The van der Waals surface area contributed by atoms with Gasteiger partial charge in [0.05, 0.1) is 19.3 Å². The van der Waals surface area contributed by atoms with Gasteiger partial charge in [0, 0.05) is 32.2 Å². The van der Waals surface area contributed by atoms with Crippen molar-refractivity contribution in [3.8, 4) is 0 Å². The number of rotatable bonds is 4. The normalized spacial score (nSPS) is 34.1. The molecule has 0 spiro atoms. The van der Waals surface area contributed by atoms with Crippen LogP contribution < -0.4 is 0 Å². The van der Waals surface area contributed by atoms with Crippen LogP contribution in [-0.4, -0.2) is 73.0 Å². The van der Waals surface area contributed by atoms with E-state index in [0.29, 0.717) is 6.04 Å². The predicted molar refractivity (Wildman–Crippen MR) is 84.4 cm³/mol. The molecule has 1 saturated carbocycles. The molecule has 0 amide bonds. The third-order valence-electron chi connectivity index (χ3n) is 5.68. The topological polar surface area (TPSA) is 35.9 Å². The molecule has 4 nitrogen and oxygen atoms in total. The Kier molecular flexibility index (Phi) is 5.92. The summed E-state index contributed by atoms with van der Waals surface area (Å²) in [5.41, 5.74) is 0. The summed E-state index contributed by atoms with van der Waals surface area (Å²) in [6.07, 6.45) is 9.79. The van der Waals surface area contributed by atoms with Crippen molar-refractivity contribution in [3.63, 3.8) is 0 Å². The van der Waals surface area contributed by atoms with E-state index in [2.05, 4.69) is 9.80 Å². The van der Waals surface area contributed by atoms with Gasteiger partial charge < -0.3 is 9.84 Å². The number of hydrogen-bond acceptors (Lipinski definition) is 4. The second-order valence-electron chi connectivity index (χ2n) is 7.19. The van der Waals surface area contributed by atoms with Crippen LogP contribution in [0.15, 0.2) is 0 Å². The first-order valence-corrected chi connectivity index (χ1v) is 9.05. The molecule has 0 aromatic carbocycles. The lowest BCUT2D eigenvalue weighted by molar-refractivity contribution is -0.00617. The van der Waals surface area contributed by atoms with Gasteiger partial charge in [-0.05, 0) is 18.9 Å². The first kappa shape index (κ1) is 15.7. The van der Waals surface area contributed by atoms with E-state index in [1.807, 2.05) is 0 Å². The maximum Gasteiger partial charge on any atom is 0.0834 e. The monoisotopic (exact) mass is 296 g/mol. The summed E-state index contributed by atoms with van der Waals surface area (Å²) in [5.74, 6) is 0.937. The third kappa shape index (κ3) is 4.41. The number of aliphatic hydroxyl groups is 1. The first-order valence-electron chi connectivity index (χ1n) is 9.05. The molecule has 2 heterocycles. The van der Waals surface area contributed by atoms with Crippen molar-refractivity contribution in [2.24, 2.45) is 5.92 Å². The van der Waals surface area contributed by atoms with Crippen LogP contribution in [-0.2, 0) is 4.74 Å². The van der Waals surface area contributed by atoms with Gasteiger partial charge in [0.25, 0.3) is 0 Å². The number of likely N-dealkylation sites (tertiary alicyclic amines) is 1. The van der Waals surface area contributed by atoms with Crippen molar-refractivity contribution in [2.75, 3.05) is 45.9 Å². The Morgan fingerprint density at radius 2 is 1.67 bits per heavy atom. The Hall–Kier alpha value is -0.160. The largest absolute Gasteiger partial charge is 0.390 e. The van der Waals surface area contributed by atoms with Gasteiger partial charge in [-0.2, -0.15) is 0 Å². The average molecular weight is 296 g/mol. The molecular weight excluding hydrogens is 264 g/mol. The number of ether oxygens (including phenoxy) is 1. The van der Waals surface area contributed by atoms with Crippen molar-refractivity contribution in [2.45, 2.75) is 57.1 Å². The van der Waals surface area contributed by atoms with Crippen molar-refractivity contribution in [1.29, 1.82) is 0 Å². The Morgan fingerprint density at radius 3 is 2.38 bits per heavy atom. The van der Waals surface area contributed by atoms with Gasteiger partial charge in [-0.15, -0.1) is 0 Å². The molecule has 0 bridgehead atoms. The van der Waals surface area contributed by atoms with E-state index in [1.165, 1.54) is 51.5 Å². The van der Waals surface area contributed by atoms with Gasteiger partial charge in [-0.3, -0.25) is 9.80 Å². The summed E-state index contributed by atoms with van der Waals surface area (Å²) in [6, 6.07) is 0.336. The molecule has 0 radical (unpaired) electrons. The smallest absolute Gasteiger partial charge is 0.0834 e. The number of aliphatic hydroxyl groups excluding tert-OH is 1. The molecular formula is C17H32N2O2. The third-order valence-corrected chi connectivity index (χ3v) is 5.68. The fraction of sp³-hybridized carbons (Fsp3) is 1.00. The van der Waals surface area contributed by atoms with Crippen molar-refractivity contribution in [3.05, 3.63) is 0 Å². The Balaban J connectivity index is 1.42. The van der Waals surface area contributed by atoms with Gasteiger partial charge in [0.2, 0.25) is 0 Å². The van der Waals surface area contributed by atoms with E-state index in [0.717, 1.165) is 45.3 Å². The van der Waals surface area contributed by atoms with Crippen LogP contribution in [0.3, 0.4) is 0 Å². The summed E-state index contributed by atoms with van der Waals surface area (Å²) in [6.45, 7) is 6.72. The second kappa shape index (κ2) is 7.91. The van der Waals surface area contributed by atoms with Crippen LogP contribution in [0, 0.1) is 5.92 Å². The zero-order chi connectivity index (χ0) is 14.5. The zero-order valence-electron chi connectivity index (χ0n) is 13.4. The van der Waals surface area contributed by atoms with Gasteiger partial charge in [0.15, 0.2) is 0 Å². The molecule has 1 N–H and O–H groups in total. The molecule has 3 aliphatic rings. The standard InChI is InChI=1S/C17H32N2O2/c20-17-14-18(8-7-15-5-3-1-2-4-6-15)13-16(17)19-9-11-21-12-10-19/h15-17,20H,1-14H2/t16-,17-/m0/s1. The van der Waals surface area contributed by atoms with Crippen LogP contribution in [0.4, 0.5) is 0 Å². The highest BCUT2D eigenvalue weighted by Gasteiger charge is 2.35. The molecule has 2 atom stereocenters. The summed E-state index contributed by atoms with van der Waals surface area (Å²) in [4.78, 5) is 4.93. The van der Waals surface area contributed by atoms with E-state index < -0.39 is 0 Å². The maximum absolute atomic E-state index is 10.4. The molecule has 0 aromatic rings. The Morgan fingerprint density at radius 1 is 0.952 bits per heavy atom. The van der Waals surface area contributed by atoms with Gasteiger partial charge in [0.1, 0.15) is 0 Å². The van der Waals surface area contributed by atoms with Crippen molar-refractivity contribution >= 4 is 0 Å². The van der Waals surface area contributed by atoms with Crippen LogP contribution in [0.1, 0.15) is 44.9 Å². The average Bonchev–Trinajstić information content (AvgIpc) is 2.73. The quantitative estimate of drug-likeness (QED) is 0.802. The second-order valence-corrected chi connectivity index (χ2v) is 7.19. The fourth-order valence-corrected chi connectivity index (χ4v) is 4.32. The maximum atomic E-state index is 10.4. The number of hydrogen-bond donors (Lipinski definition) is 1.